The topological polar surface area (TPSA) is 108 Å². The smallest absolute Gasteiger partial charge is 0.337 e. The van der Waals surface area contributed by atoms with Crippen LogP contribution in [0.2, 0.25) is 0 Å². The van der Waals surface area contributed by atoms with Gasteiger partial charge in [0.25, 0.3) is 11.8 Å². The number of hydrazine groups is 1. The van der Waals surface area contributed by atoms with Crippen LogP contribution in [-0.2, 0) is 14.3 Å². The molecule has 1 aliphatic rings. The third-order valence-corrected chi connectivity index (χ3v) is 5.17. The molecule has 0 radical (unpaired) electrons. The molecule has 3 rings (SSSR count). The van der Waals surface area contributed by atoms with Crippen molar-refractivity contribution in [1.82, 2.24) is 15.3 Å². The highest BCUT2D eigenvalue weighted by Crippen LogP contribution is 2.19. The van der Waals surface area contributed by atoms with E-state index in [1.54, 1.807) is 0 Å². The average Bonchev–Trinajstić information content (AvgIpc) is 2.97. The van der Waals surface area contributed by atoms with E-state index in [0.717, 1.165) is 16.0 Å². The Bertz CT molecular complexity index is 1090. The van der Waals surface area contributed by atoms with Crippen molar-refractivity contribution in [2.75, 3.05) is 19.5 Å². The summed E-state index contributed by atoms with van der Waals surface area (Å²) < 4.78 is 18.0. The van der Waals surface area contributed by atoms with E-state index < -0.39 is 35.5 Å². The number of likely N-dealkylation sites (N-methyl/N-ethyl adjacent to an activating group) is 1. The molecular formula is C21H19FN4O5S. The van der Waals surface area contributed by atoms with Crippen LogP contribution in [0.5, 0.6) is 0 Å². The number of esters is 1. The van der Waals surface area contributed by atoms with Gasteiger partial charge in [0.15, 0.2) is 5.11 Å². The largest absolute Gasteiger partial charge is 0.465 e. The van der Waals surface area contributed by atoms with Crippen LogP contribution in [0.1, 0.15) is 27.1 Å². The molecule has 166 valence electrons. The maximum absolute atomic E-state index is 13.4. The average molecular weight is 458 g/mol. The highest BCUT2D eigenvalue weighted by Gasteiger charge is 2.42. The fourth-order valence-corrected chi connectivity index (χ4v) is 3.29. The monoisotopic (exact) mass is 458 g/mol. The molecule has 0 saturated carbocycles. The van der Waals surface area contributed by atoms with Gasteiger partial charge in [0.1, 0.15) is 11.9 Å². The molecule has 1 heterocycles. The zero-order valence-corrected chi connectivity index (χ0v) is 17.9. The molecule has 2 aromatic carbocycles. The third-order valence-electron chi connectivity index (χ3n) is 4.70. The van der Waals surface area contributed by atoms with Crippen molar-refractivity contribution < 1.29 is 28.3 Å². The first-order valence-electron chi connectivity index (χ1n) is 9.37. The minimum atomic E-state index is -1.08. The van der Waals surface area contributed by atoms with Crippen molar-refractivity contribution in [3.05, 3.63) is 65.5 Å². The Hall–Kier alpha value is -3.86. The Morgan fingerprint density at radius 3 is 2.44 bits per heavy atom. The van der Waals surface area contributed by atoms with Crippen molar-refractivity contribution in [2.45, 2.75) is 12.5 Å². The molecule has 32 heavy (non-hydrogen) atoms. The maximum Gasteiger partial charge on any atom is 0.337 e. The first kappa shape index (κ1) is 22.8. The lowest BCUT2D eigenvalue weighted by molar-refractivity contribution is -0.130. The van der Waals surface area contributed by atoms with Gasteiger partial charge in [-0.05, 0) is 54.7 Å². The van der Waals surface area contributed by atoms with Crippen LogP contribution in [0.25, 0.3) is 0 Å². The molecule has 9 nitrogen and oxygen atoms in total. The SMILES string of the molecule is COC(=O)c1ccc(NC(=O)CC2C(=O)N(C)C(=S)N2NC(=O)c2cccc(F)c2)cc1. The zero-order chi connectivity index (χ0) is 23.4. The van der Waals surface area contributed by atoms with Crippen molar-refractivity contribution >= 4 is 46.7 Å². The zero-order valence-electron chi connectivity index (χ0n) is 17.1. The van der Waals surface area contributed by atoms with Gasteiger partial charge in [-0.15, -0.1) is 0 Å². The predicted octanol–water partition coefficient (Wildman–Crippen LogP) is 1.71. The second-order valence-corrected chi connectivity index (χ2v) is 7.20. The summed E-state index contributed by atoms with van der Waals surface area (Å²) in [5.74, 6) is -2.79. The predicted molar refractivity (Wildman–Crippen MR) is 116 cm³/mol. The van der Waals surface area contributed by atoms with E-state index in [1.807, 2.05) is 0 Å². The Labute approximate surface area is 188 Å². The first-order chi connectivity index (χ1) is 15.2. The van der Waals surface area contributed by atoms with Gasteiger partial charge in [-0.1, -0.05) is 6.07 Å². The van der Waals surface area contributed by atoms with Gasteiger partial charge >= 0.3 is 5.97 Å². The molecule has 2 aromatic rings. The summed E-state index contributed by atoms with van der Waals surface area (Å²) in [5.41, 5.74) is 3.22. The van der Waals surface area contributed by atoms with Gasteiger partial charge < -0.3 is 10.1 Å². The number of hydrogen-bond donors (Lipinski definition) is 2. The van der Waals surface area contributed by atoms with E-state index in [2.05, 4.69) is 15.5 Å². The van der Waals surface area contributed by atoms with Crippen LogP contribution in [0.4, 0.5) is 10.1 Å². The van der Waals surface area contributed by atoms with E-state index in [-0.39, 0.29) is 17.1 Å². The summed E-state index contributed by atoms with van der Waals surface area (Å²) in [6.07, 6.45) is -0.314. The van der Waals surface area contributed by atoms with Crippen molar-refractivity contribution in [3.63, 3.8) is 0 Å². The number of benzene rings is 2. The number of amides is 3. The number of carbonyl (C=O) groups excluding carboxylic acids is 4. The molecule has 0 bridgehead atoms. The number of carbonyl (C=O) groups is 4. The second kappa shape index (κ2) is 9.52. The summed E-state index contributed by atoms with van der Waals surface area (Å²) in [6.45, 7) is 0. The van der Waals surface area contributed by atoms with Crippen molar-refractivity contribution in [2.24, 2.45) is 0 Å². The van der Waals surface area contributed by atoms with E-state index in [0.29, 0.717) is 11.3 Å². The van der Waals surface area contributed by atoms with Crippen LogP contribution in [0, 0.1) is 5.82 Å². The standard InChI is InChI=1S/C21H19FN4O5S/c1-25-19(29)16(11-17(27)23-15-8-6-12(7-9-15)20(30)31-2)26(21(25)32)24-18(28)13-4-3-5-14(22)10-13/h3-10,16H,11H2,1-2H3,(H,23,27)(H,24,28). The lowest BCUT2D eigenvalue weighted by Gasteiger charge is -2.24. The number of hydrogen-bond acceptors (Lipinski definition) is 6. The quantitative estimate of drug-likeness (QED) is 0.501. The summed E-state index contributed by atoms with van der Waals surface area (Å²) in [6, 6.07) is 9.93. The molecule has 0 aliphatic carbocycles. The number of ether oxygens (including phenoxy) is 1. The lowest BCUT2D eigenvalue weighted by Crippen LogP contribution is -2.49. The molecule has 11 heteroatoms. The molecule has 0 spiro atoms. The van der Waals surface area contributed by atoms with Crippen LogP contribution in [0.3, 0.4) is 0 Å². The number of rotatable bonds is 6. The van der Waals surface area contributed by atoms with Gasteiger partial charge in [0.05, 0.1) is 19.1 Å². The minimum Gasteiger partial charge on any atom is -0.465 e. The van der Waals surface area contributed by atoms with Crippen molar-refractivity contribution in [3.8, 4) is 0 Å². The Morgan fingerprint density at radius 2 is 1.81 bits per heavy atom. The lowest BCUT2D eigenvalue weighted by atomic mass is 10.1. The van der Waals surface area contributed by atoms with Gasteiger partial charge in [-0.2, -0.15) is 0 Å². The molecule has 1 unspecified atom stereocenters. The van der Waals surface area contributed by atoms with Crippen LogP contribution < -0.4 is 10.7 Å². The first-order valence-corrected chi connectivity index (χ1v) is 9.77. The van der Waals surface area contributed by atoms with Gasteiger partial charge in [-0.3, -0.25) is 24.7 Å². The Balaban J connectivity index is 1.70. The summed E-state index contributed by atoms with van der Waals surface area (Å²) in [7, 11) is 2.69. The molecular weight excluding hydrogens is 439 g/mol. The number of nitrogens with zero attached hydrogens (tertiary/aromatic N) is 2. The molecule has 1 atom stereocenters. The van der Waals surface area contributed by atoms with Crippen LogP contribution >= 0.6 is 12.2 Å². The van der Waals surface area contributed by atoms with Crippen LogP contribution in [0.15, 0.2) is 48.5 Å². The normalized spacial score (nSPS) is 15.5. The van der Waals surface area contributed by atoms with Gasteiger partial charge in [-0.25, -0.2) is 14.2 Å². The third kappa shape index (κ3) is 4.89. The Kier molecular flexibility index (Phi) is 6.79. The molecule has 1 fully saturated rings. The molecule has 3 amide bonds. The number of halogens is 1. The fourth-order valence-electron chi connectivity index (χ4n) is 3.03. The van der Waals surface area contributed by atoms with Crippen molar-refractivity contribution in [1.29, 1.82) is 0 Å². The number of thiocarbonyl (C=S) groups is 1. The van der Waals surface area contributed by atoms with Gasteiger partial charge in [0, 0.05) is 18.3 Å². The summed E-state index contributed by atoms with van der Waals surface area (Å²) >= 11 is 5.21. The highest BCUT2D eigenvalue weighted by atomic mass is 32.1. The highest BCUT2D eigenvalue weighted by molar-refractivity contribution is 7.80. The fraction of sp³-hybridized carbons (Fsp3) is 0.190. The summed E-state index contributed by atoms with van der Waals surface area (Å²) in [5, 5.41) is 3.74. The van der Waals surface area contributed by atoms with E-state index in [9.17, 15) is 23.6 Å². The Morgan fingerprint density at radius 1 is 1.12 bits per heavy atom. The molecule has 1 saturated heterocycles. The van der Waals surface area contributed by atoms with E-state index in [1.165, 1.54) is 56.6 Å². The van der Waals surface area contributed by atoms with E-state index >= 15 is 0 Å². The summed E-state index contributed by atoms with van der Waals surface area (Å²) in [4.78, 5) is 50.3. The minimum absolute atomic E-state index is 0.0000148. The number of anilines is 1. The molecule has 2 N–H and O–H groups in total. The molecule has 0 aromatic heterocycles. The second-order valence-electron chi connectivity index (χ2n) is 6.84. The number of methoxy groups -OCH3 is 1. The van der Waals surface area contributed by atoms with Gasteiger partial charge in [0.2, 0.25) is 5.91 Å². The maximum atomic E-state index is 13.4. The van der Waals surface area contributed by atoms with E-state index in [4.69, 9.17) is 12.2 Å². The molecule has 1 aliphatic heterocycles. The van der Waals surface area contributed by atoms with Crippen LogP contribution in [-0.4, -0.2) is 58.9 Å². The number of nitrogens with one attached hydrogen (secondary N) is 2.